The lowest BCUT2D eigenvalue weighted by atomic mass is 9.90. The number of piperidine rings is 1. The Balaban J connectivity index is 1.65. The average Bonchev–Trinajstić information content (AvgIpc) is 2.68. The molecule has 2 unspecified atom stereocenters. The molecule has 0 radical (unpaired) electrons. The van der Waals surface area contributed by atoms with E-state index in [1.165, 1.54) is 0 Å². The minimum Gasteiger partial charge on any atom is -0.465 e. The van der Waals surface area contributed by atoms with Gasteiger partial charge in [0.2, 0.25) is 5.91 Å². The third-order valence-corrected chi connectivity index (χ3v) is 4.86. The molecule has 142 valence electrons. The summed E-state index contributed by atoms with van der Waals surface area (Å²) in [6.45, 7) is 0.813. The predicted molar refractivity (Wildman–Crippen MR) is 102 cm³/mol. The predicted octanol–water partition coefficient (Wildman–Crippen LogP) is 2.25. The average molecular weight is 368 g/mol. The summed E-state index contributed by atoms with van der Waals surface area (Å²) >= 11 is 0. The molecule has 7 nitrogen and oxygen atoms in total. The summed E-state index contributed by atoms with van der Waals surface area (Å²) in [5.41, 5.74) is 8.27. The van der Waals surface area contributed by atoms with Crippen molar-refractivity contribution in [1.29, 1.82) is 0 Å². The van der Waals surface area contributed by atoms with Gasteiger partial charge in [0.25, 0.3) is 0 Å². The van der Waals surface area contributed by atoms with Crippen molar-refractivity contribution in [2.45, 2.75) is 18.9 Å². The molecule has 4 N–H and O–H groups in total. The highest BCUT2D eigenvalue weighted by atomic mass is 16.4. The van der Waals surface area contributed by atoms with E-state index in [4.69, 9.17) is 5.73 Å². The Morgan fingerprint density at radius 2 is 1.96 bits per heavy atom. The highest BCUT2D eigenvalue weighted by Crippen LogP contribution is 2.28. The van der Waals surface area contributed by atoms with Gasteiger partial charge in [-0.1, -0.05) is 36.4 Å². The number of carbonyl (C=O) groups is 2. The van der Waals surface area contributed by atoms with Gasteiger partial charge in [-0.05, 0) is 36.9 Å². The maximum absolute atomic E-state index is 11.3. The first kappa shape index (κ1) is 18.8. The SMILES string of the molecule is NC(=O)CN(CC1CCNC(c2ccc(-c3ccccc3)cn2)C1)C(=O)O. The molecule has 2 atom stereocenters. The number of hydrogen-bond donors (Lipinski definition) is 3. The zero-order chi connectivity index (χ0) is 19.2. The lowest BCUT2D eigenvalue weighted by Crippen LogP contribution is -2.43. The first-order valence-electron chi connectivity index (χ1n) is 9.04. The second-order valence-corrected chi connectivity index (χ2v) is 6.86. The van der Waals surface area contributed by atoms with Crippen LogP contribution in [-0.2, 0) is 4.79 Å². The molecule has 1 aromatic heterocycles. The van der Waals surface area contributed by atoms with Crippen LogP contribution in [0.4, 0.5) is 4.79 Å². The van der Waals surface area contributed by atoms with Crippen LogP contribution in [0.3, 0.4) is 0 Å². The Kier molecular flexibility index (Phi) is 6.03. The number of benzene rings is 1. The number of carboxylic acid groups (broad SMARTS) is 1. The van der Waals surface area contributed by atoms with Crippen LogP contribution < -0.4 is 11.1 Å². The quantitative estimate of drug-likeness (QED) is 0.725. The van der Waals surface area contributed by atoms with Gasteiger partial charge in [-0.2, -0.15) is 0 Å². The van der Waals surface area contributed by atoms with Crippen LogP contribution >= 0.6 is 0 Å². The molecule has 1 saturated heterocycles. The molecule has 0 saturated carbocycles. The lowest BCUT2D eigenvalue weighted by molar-refractivity contribution is -0.119. The van der Waals surface area contributed by atoms with E-state index < -0.39 is 12.0 Å². The van der Waals surface area contributed by atoms with Crippen molar-refractivity contribution < 1.29 is 14.7 Å². The summed E-state index contributed by atoms with van der Waals surface area (Å²) in [6, 6.07) is 14.2. The number of rotatable bonds is 6. The van der Waals surface area contributed by atoms with Gasteiger partial charge in [0.05, 0.1) is 5.69 Å². The van der Waals surface area contributed by atoms with Gasteiger partial charge < -0.3 is 16.2 Å². The molecule has 1 aliphatic heterocycles. The Bertz CT molecular complexity index is 780. The molecule has 1 aromatic carbocycles. The zero-order valence-electron chi connectivity index (χ0n) is 15.0. The molecule has 27 heavy (non-hydrogen) atoms. The number of primary amides is 1. The molecule has 7 heteroatoms. The van der Waals surface area contributed by atoms with Crippen LogP contribution in [0.25, 0.3) is 11.1 Å². The zero-order valence-corrected chi connectivity index (χ0v) is 15.0. The van der Waals surface area contributed by atoms with Crippen molar-refractivity contribution in [2.75, 3.05) is 19.6 Å². The van der Waals surface area contributed by atoms with E-state index in [0.29, 0.717) is 6.54 Å². The van der Waals surface area contributed by atoms with Gasteiger partial charge in [-0.15, -0.1) is 0 Å². The van der Waals surface area contributed by atoms with Crippen molar-refractivity contribution in [2.24, 2.45) is 11.7 Å². The summed E-state index contributed by atoms with van der Waals surface area (Å²) in [5, 5.41) is 12.7. The molecular formula is C20H24N4O3. The second-order valence-electron chi connectivity index (χ2n) is 6.86. The Hall–Kier alpha value is -2.93. The van der Waals surface area contributed by atoms with Crippen molar-refractivity contribution in [3.8, 4) is 11.1 Å². The largest absolute Gasteiger partial charge is 0.465 e. The van der Waals surface area contributed by atoms with Crippen LogP contribution in [0.1, 0.15) is 24.6 Å². The molecule has 2 heterocycles. The number of nitrogens with two attached hydrogens (primary N) is 1. The van der Waals surface area contributed by atoms with E-state index in [-0.39, 0.29) is 18.5 Å². The van der Waals surface area contributed by atoms with Crippen molar-refractivity contribution >= 4 is 12.0 Å². The monoisotopic (exact) mass is 368 g/mol. The van der Waals surface area contributed by atoms with E-state index in [9.17, 15) is 14.7 Å². The molecule has 2 aromatic rings. The third kappa shape index (κ3) is 5.04. The Labute approximate surface area is 158 Å². The molecule has 1 fully saturated rings. The van der Waals surface area contributed by atoms with Crippen molar-refractivity contribution in [3.05, 3.63) is 54.4 Å². The molecule has 1 aliphatic rings. The minimum atomic E-state index is -1.12. The van der Waals surface area contributed by atoms with Crippen LogP contribution in [0, 0.1) is 5.92 Å². The summed E-state index contributed by atoms with van der Waals surface area (Å²) in [7, 11) is 0. The van der Waals surface area contributed by atoms with Crippen molar-refractivity contribution in [1.82, 2.24) is 15.2 Å². The lowest BCUT2D eigenvalue weighted by Gasteiger charge is -2.32. The molecular weight excluding hydrogens is 344 g/mol. The Morgan fingerprint density at radius 1 is 1.19 bits per heavy atom. The first-order valence-corrected chi connectivity index (χ1v) is 9.04. The van der Waals surface area contributed by atoms with E-state index in [1.54, 1.807) is 0 Å². The van der Waals surface area contributed by atoms with Crippen LogP contribution in [-0.4, -0.2) is 46.6 Å². The number of nitrogens with one attached hydrogen (secondary N) is 1. The third-order valence-electron chi connectivity index (χ3n) is 4.86. The highest BCUT2D eigenvalue weighted by Gasteiger charge is 2.27. The van der Waals surface area contributed by atoms with E-state index in [2.05, 4.69) is 16.4 Å². The van der Waals surface area contributed by atoms with Gasteiger partial charge in [0.15, 0.2) is 0 Å². The standard InChI is InChI=1S/C20H24N4O3/c21-19(25)13-24(20(26)27)12-14-8-9-22-18(10-14)17-7-6-16(11-23-17)15-4-2-1-3-5-15/h1-7,11,14,18,22H,8-10,12-13H2,(H2,21,25)(H,26,27). The number of carbonyl (C=O) groups excluding carboxylic acids is 1. The smallest absolute Gasteiger partial charge is 0.407 e. The summed E-state index contributed by atoms with van der Waals surface area (Å²) in [4.78, 5) is 28.1. The van der Waals surface area contributed by atoms with Gasteiger partial charge in [0, 0.05) is 24.3 Å². The van der Waals surface area contributed by atoms with E-state index in [0.717, 1.165) is 41.1 Å². The highest BCUT2D eigenvalue weighted by molar-refractivity contribution is 5.80. The van der Waals surface area contributed by atoms with Gasteiger partial charge in [-0.3, -0.25) is 14.7 Å². The summed E-state index contributed by atoms with van der Waals surface area (Å²) in [5.74, 6) is -0.483. The molecule has 0 spiro atoms. The molecule has 2 amide bonds. The fourth-order valence-electron chi connectivity index (χ4n) is 3.51. The maximum Gasteiger partial charge on any atom is 0.407 e. The number of pyridine rings is 1. The number of nitrogens with zero attached hydrogens (tertiary/aromatic N) is 2. The molecule has 3 rings (SSSR count). The van der Waals surface area contributed by atoms with Crippen LogP contribution in [0.5, 0.6) is 0 Å². The maximum atomic E-state index is 11.3. The van der Waals surface area contributed by atoms with Crippen LogP contribution in [0.15, 0.2) is 48.7 Å². The Morgan fingerprint density at radius 3 is 2.59 bits per heavy atom. The number of hydrogen-bond acceptors (Lipinski definition) is 4. The summed E-state index contributed by atoms with van der Waals surface area (Å²) in [6.07, 6.45) is 2.36. The summed E-state index contributed by atoms with van der Waals surface area (Å²) < 4.78 is 0. The number of amides is 2. The van der Waals surface area contributed by atoms with Gasteiger partial charge in [0.1, 0.15) is 6.54 Å². The van der Waals surface area contributed by atoms with Crippen LogP contribution in [0.2, 0.25) is 0 Å². The van der Waals surface area contributed by atoms with Gasteiger partial charge in [-0.25, -0.2) is 4.79 Å². The minimum absolute atomic E-state index is 0.0674. The molecule has 0 bridgehead atoms. The molecule has 0 aliphatic carbocycles. The fourth-order valence-corrected chi connectivity index (χ4v) is 3.51. The second kappa shape index (κ2) is 8.64. The fraction of sp³-hybridized carbons (Fsp3) is 0.350. The normalized spacial score (nSPS) is 19.4. The van der Waals surface area contributed by atoms with E-state index >= 15 is 0 Å². The van der Waals surface area contributed by atoms with Crippen molar-refractivity contribution in [3.63, 3.8) is 0 Å². The van der Waals surface area contributed by atoms with E-state index in [1.807, 2.05) is 42.6 Å². The topological polar surface area (TPSA) is 109 Å². The number of aromatic nitrogens is 1. The first-order chi connectivity index (χ1) is 13.0. The van der Waals surface area contributed by atoms with Gasteiger partial charge >= 0.3 is 6.09 Å².